The topological polar surface area (TPSA) is 78.9 Å². The Bertz CT molecular complexity index is 1400. The molecule has 0 spiro atoms. The number of carbonyl (C=O) groups is 3. The number of allylic oxidation sites excluding steroid dienone is 16. The van der Waals surface area contributed by atoms with Gasteiger partial charge in [-0.1, -0.05) is 266 Å². The van der Waals surface area contributed by atoms with E-state index in [1.54, 1.807) is 0 Å². The number of unbranched alkanes of at least 4 members (excludes halogenated alkanes) is 25. The van der Waals surface area contributed by atoms with Crippen molar-refractivity contribution in [2.75, 3.05) is 13.2 Å². The molecule has 0 aliphatic heterocycles. The summed E-state index contributed by atoms with van der Waals surface area (Å²) in [6.07, 6.45) is 77.0. The highest BCUT2D eigenvalue weighted by Gasteiger charge is 2.19. The van der Waals surface area contributed by atoms with E-state index in [4.69, 9.17) is 14.2 Å². The molecule has 0 heterocycles. The Labute approximate surface area is 432 Å². The summed E-state index contributed by atoms with van der Waals surface area (Å²) >= 11 is 0. The third kappa shape index (κ3) is 55.3. The second-order valence-corrected chi connectivity index (χ2v) is 19.2. The Morgan fingerprint density at radius 1 is 0.300 bits per heavy atom. The van der Waals surface area contributed by atoms with E-state index in [1.165, 1.54) is 116 Å². The Hall–Kier alpha value is -3.67. The van der Waals surface area contributed by atoms with Gasteiger partial charge in [0.25, 0.3) is 0 Å². The van der Waals surface area contributed by atoms with Gasteiger partial charge in [0, 0.05) is 19.3 Å². The van der Waals surface area contributed by atoms with Crippen LogP contribution in [0.15, 0.2) is 97.2 Å². The second kappa shape index (κ2) is 57.9. The maximum Gasteiger partial charge on any atom is 0.306 e. The molecule has 0 amide bonds. The second-order valence-electron chi connectivity index (χ2n) is 19.2. The molecule has 0 saturated heterocycles. The van der Waals surface area contributed by atoms with Crippen LogP contribution in [0.2, 0.25) is 0 Å². The van der Waals surface area contributed by atoms with Crippen LogP contribution in [0.5, 0.6) is 0 Å². The van der Waals surface area contributed by atoms with Crippen LogP contribution in [-0.2, 0) is 28.6 Å². The van der Waals surface area contributed by atoms with Crippen LogP contribution in [0, 0.1) is 0 Å². The summed E-state index contributed by atoms with van der Waals surface area (Å²) < 4.78 is 16.8. The molecule has 0 aromatic carbocycles. The van der Waals surface area contributed by atoms with Gasteiger partial charge in [0.05, 0.1) is 0 Å². The van der Waals surface area contributed by atoms with Crippen molar-refractivity contribution in [3.8, 4) is 0 Å². The molecule has 0 aliphatic carbocycles. The average molecular weight is 974 g/mol. The van der Waals surface area contributed by atoms with E-state index in [2.05, 4.69) is 112 Å². The van der Waals surface area contributed by atoms with Crippen molar-refractivity contribution in [3.63, 3.8) is 0 Å². The first-order valence-electron chi connectivity index (χ1n) is 29.2. The number of ether oxygens (including phenoxy) is 3. The Morgan fingerprint density at radius 3 is 0.986 bits per heavy atom. The van der Waals surface area contributed by atoms with Gasteiger partial charge in [0.1, 0.15) is 13.2 Å². The fourth-order valence-corrected chi connectivity index (χ4v) is 7.98. The summed E-state index contributed by atoms with van der Waals surface area (Å²) in [6.45, 7) is 6.41. The van der Waals surface area contributed by atoms with Gasteiger partial charge in [-0.05, 0) is 83.5 Å². The highest BCUT2D eigenvalue weighted by Crippen LogP contribution is 2.16. The van der Waals surface area contributed by atoms with Gasteiger partial charge in [0.2, 0.25) is 0 Å². The number of rotatable bonds is 52. The molecule has 0 fully saturated rings. The van der Waals surface area contributed by atoms with Crippen molar-refractivity contribution in [2.45, 2.75) is 277 Å². The molecular formula is C64H108O6. The van der Waals surface area contributed by atoms with Gasteiger partial charge in [-0.15, -0.1) is 0 Å². The lowest BCUT2D eigenvalue weighted by atomic mass is 10.0. The number of carbonyl (C=O) groups excluding carboxylic acids is 3. The molecule has 0 aromatic rings. The first kappa shape index (κ1) is 66.3. The first-order valence-corrected chi connectivity index (χ1v) is 29.2. The van der Waals surface area contributed by atoms with Crippen LogP contribution < -0.4 is 0 Å². The van der Waals surface area contributed by atoms with Crippen LogP contribution in [0.25, 0.3) is 0 Å². The fraction of sp³-hybridized carbons (Fsp3) is 0.703. The molecule has 1 unspecified atom stereocenters. The quantitative estimate of drug-likeness (QED) is 0.0262. The average Bonchev–Trinajstić information content (AvgIpc) is 3.36. The lowest BCUT2D eigenvalue weighted by Gasteiger charge is -2.18. The smallest absolute Gasteiger partial charge is 0.306 e. The summed E-state index contributed by atoms with van der Waals surface area (Å²) in [4.78, 5) is 38.1. The Balaban J connectivity index is 4.46. The molecule has 0 radical (unpaired) electrons. The van der Waals surface area contributed by atoms with Crippen molar-refractivity contribution in [2.24, 2.45) is 0 Å². The molecule has 0 saturated carbocycles. The molecule has 0 N–H and O–H groups in total. The largest absolute Gasteiger partial charge is 0.462 e. The van der Waals surface area contributed by atoms with E-state index in [9.17, 15) is 14.4 Å². The predicted octanol–water partition coefficient (Wildman–Crippen LogP) is 19.7. The molecule has 0 aromatic heterocycles. The number of hydrogen-bond acceptors (Lipinski definition) is 6. The third-order valence-corrected chi connectivity index (χ3v) is 12.3. The van der Waals surface area contributed by atoms with Gasteiger partial charge in [-0.25, -0.2) is 0 Å². The van der Waals surface area contributed by atoms with Gasteiger partial charge < -0.3 is 14.2 Å². The minimum Gasteiger partial charge on any atom is -0.462 e. The SMILES string of the molecule is CC/C=C\C/C=C\C/C=C\C/C=C\C/C=C\C/C=C\CCC(=O)OC(COC(=O)CCCCCCC/C=C\C/C=C\CCC)COC(=O)CCCCCCCCCCCCCCCCCCCCCC. The fourth-order valence-electron chi connectivity index (χ4n) is 7.98. The predicted molar refractivity (Wildman–Crippen MR) is 302 cm³/mol. The van der Waals surface area contributed by atoms with E-state index in [0.717, 1.165) is 109 Å². The highest BCUT2D eigenvalue weighted by atomic mass is 16.6. The third-order valence-electron chi connectivity index (χ3n) is 12.3. The minimum atomic E-state index is -0.823. The normalized spacial score (nSPS) is 12.8. The molecule has 0 aliphatic rings. The van der Waals surface area contributed by atoms with E-state index in [0.29, 0.717) is 19.3 Å². The summed E-state index contributed by atoms with van der Waals surface area (Å²) in [6, 6.07) is 0. The van der Waals surface area contributed by atoms with Crippen molar-refractivity contribution < 1.29 is 28.6 Å². The van der Waals surface area contributed by atoms with E-state index in [1.807, 2.05) is 6.08 Å². The van der Waals surface area contributed by atoms with Crippen molar-refractivity contribution in [1.29, 1.82) is 0 Å². The monoisotopic (exact) mass is 973 g/mol. The van der Waals surface area contributed by atoms with Crippen LogP contribution in [-0.4, -0.2) is 37.2 Å². The molecule has 6 heteroatoms. The zero-order chi connectivity index (χ0) is 50.7. The summed E-state index contributed by atoms with van der Waals surface area (Å²) in [5, 5.41) is 0. The van der Waals surface area contributed by atoms with Crippen LogP contribution in [0.4, 0.5) is 0 Å². The highest BCUT2D eigenvalue weighted by molar-refractivity contribution is 5.71. The lowest BCUT2D eigenvalue weighted by Crippen LogP contribution is -2.30. The molecule has 6 nitrogen and oxygen atoms in total. The maximum atomic E-state index is 12.8. The zero-order valence-corrected chi connectivity index (χ0v) is 45.8. The molecule has 1 atom stereocenters. The van der Waals surface area contributed by atoms with Crippen LogP contribution >= 0.6 is 0 Å². The summed E-state index contributed by atoms with van der Waals surface area (Å²) in [5.41, 5.74) is 0. The lowest BCUT2D eigenvalue weighted by molar-refractivity contribution is -0.166. The van der Waals surface area contributed by atoms with Gasteiger partial charge in [-0.3, -0.25) is 14.4 Å². The molecular weight excluding hydrogens is 865 g/mol. The first-order chi connectivity index (χ1) is 34.5. The Morgan fingerprint density at radius 2 is 0.614 bits per heavy atom. The van der Waals surface area contributed by atoms with Crippen LogP contribution in [0.3, 0.4) is 0 Å². The van der Waals surface area contributed by atoms with Crippen molar-refractivity contribution >= 4 is 17.9 Å². The van der Waals surface area contributed by atoms with Gasteiger partial charge >= 0.3 is 17.9 Å². The number of hydrogen-bond donors (Lipinski definition) is 0. The standard InChI is InChI=1S/C64H108O6/c1-4-7-10-13-16-19-22-25-27-29-31-33-34-36-39-42-45-48-51-54-57-63(66)69-60-61(59-68-62(65)56-53-50-47-44-41-38-24-21-18-15-12-9-6-3)70-64(67)58-55-52-49-46-43-40-37-35-32-30-28-26-23-20-17-14-11-8-5-2/h8,11-12,15,17,20-21,24,26,28,32,35,40,43,49,52,61H,4-7,9-10,13-14,16,18-19,22-23,25,27,29-31,33-34,36-39,41-42,44-48,50-51,53-60H2,1-3H3/b11-8-,15-12-,20-17-,24-21-,28-26-,35-32-,43-40-,52-49-. The zero-order valence-electron chi connectivity index (χ0n) is 45.8. The Kier molecular flexibility index (Phi) is 54.9. The van der Waals surface area contributed by atoms with Gasteiger partial charge in [0.15, 0.2) is 6.10 Å². The summed E-state index contributed by atoms with van der Waals surface area (Å²) in [5.74, 6) is -1.01. The van der Waals surface area contributed by atoms with Crippen molar-refractivity contribution in [1.82, 2.24) is 0 Å². The van der Waals surface area contributed by atoms with Gasteiger partial charge in [-0.2, -0.15) is 0 Å². The van der Waals surface area contributed by atoms with E-state index < -0.39 is 12.1 Å². The molecule has 0 rings (SSSR count). The minimum absolute atomic E-state index is 0.111. The molecule has 0 bridgehead atoms. The summed E-state index contributed by atoms with van der Waals surface area (Å²) in [7, 11) is 0. The maximum absolute atomic E-state index is 12.8. The van der Waals surface area contributed by atoms with Crippen molar-refractivity contribution in [3.05, 3.63) is 97.2 Å². The van der Waals surface area contributed by atoms with Crippen LogP contribution in [0.1, 0.15) is 271 Å². The van der Waals surface area contributed by atoms with E-state index in [-0.39, 0.29) is 31.6 Å². The molecule has 70 heavy (non-hydrogen) atoms. The van der Waals surface area contributed by atoms with E-state index >= 15 is 0 Å². The molecule has 400 valence electrons. The number of esters is 3.